The van der Waals surface area contributed by atoms with Crippen LogP contribution in [0.1, 0.15) is 36.8 Å². The Labute approximate surface area is 193 Å². The second-order valence-corrected chi connectivity index (χ2v) is 9.03. The molecule has 3 rings (SSSR count). The molecule has 0 unspecified atom stereocenters. The minimum Gasteiger partial charge on any atom is -0.326 e. The summed E-state index contributed by atoms with van der Waals surface area (Å²) in [5.41, 5.74) is 3.03. The quantitative estimate of drug-likeness (QED) is 0.291. The molecule has 1 saturated heterocycles. The zero-order valence-corrected chi connectivity index (χ0v) is 19.2. The largest absolute Gasteiger partial charge is 0.326 e. The highest BCUT2D eigenvalue weighted by atomic mass is 32.2. The Morgan fingerprint density at radius 1 is 1.10 bits per heavy atom. The topological polar surface area (TPSA) is 49.4 Å². The first-order chi connectivity index (χ1) is 15.0. The van der Waals surface area contributed by atoms with Crippen LogP contribution in [0.5, 0.6) is 0 Å². The van der Waals surface area contributed by atoms with Crippen molar-refractivity contribution in [3.8, 4) is 0 Å². The van der Waals surface area contributed by atoms with Crippen molar-refractivity contribution in [2.75, 3.05) is 11.9 Å². The lowest BCUT2D eigenvalue weighted by atomic mass is 10.1. The molecule has 4 nitrogen and oxygen atoms in total. The van der Waals surface area contributed by atoms with E-state index >= 15 is 0 Å². The summed E-state index contributed by atoms with van der Waals surface area (Å²) in [7, 11) is 0. The molecule has 0 spiro atoms. The van der Waals surface area contributed by atoms with Gasteiger partial charge < -0.3 is 5.32 Å². The zero-order valence-electron chi connectivity index (χ0n) is 17.5. The number of allylic oxidation sites excluding steroid dienone is 2. The van der Waals surface area contributed by atoms with E-state index in [1.807, 2.05) is 79.7 Å². The molecule has 0 aromatic heterocycles. The lowest BCUT2D eigenvalue weighted by Gasteiger charge is -2.14. The van der Waals surface area contributed by atoms with Crippen LogP contribution in [0.4, 0.5) is 5.69 Å². The van der Waals surface area contributed by atoms with Gasteiger partial charge in [-0.25, -0.2) is 0 Å². The number of hydrogen-bond donors (Lipinski definition) is 1. The van der Waals surface area contributed by atoms with E-state index in [9.17, 15) is 9.59 Å². The van der Waals surface area contributed by atoms with Crippen LogP contribution in [0.25, 0.3) is 6.08 Å². The van der Waals surface area contributed by atoms with Crippen molar-refractivity contribution >= 4 is 51.9 Å². The first-order valence-electron chi connectivity index (χ1n) is 10.4. The Morgan fingerprint density at radius 2 is 1.90 bits per heavy atom. The maximum absolute atomic E-state index is 12.6. The SMILES string of the molecule is Cc1cccc(NC(=O)CCCCCN2C(=O)/C(=C/C=C/c3ccccc3)SC2=S)c1. The molecule has 1 N–H and O–H groups in total. The van der Waals surface area contributed by atoms with Crippen LogP contribution in [-0.4, -0.2) is 27.6 Å². The van der Waals surface area contributed by atoms with Gasteiger partial charge in [0, 0.05) is 18.7 Å². The summed E-state index contributed by atoms with van der Waals surface area (Å²) in [4.78, 5) is 27.0. The lowest BCUT2D eigenvalue weighted by molar-refractivity contribution is -0.122. The van der Waals surface area contributed by atoms with Crippen LogP contribution >= 0.6 is 24.0 Å². The average molecular weight is 451 g/mol. The molecular weight excluding hydrogens is 424 g/mol. The Morgan fingerprint density at radius 3 is 2.68 bits per heavy atom. The van der Waals surface area contributed by atoms with E-state index in [4.69, 9.17) is 12.2 Å². The number of hydrogen-bond acceptors (Lipinski definition) is 4. The monoisotopic (exact) mass is 450 g/mol. The van der Waals surface area contributed by atoms with Crippen molar-refractivity contribution < 1.29 is 9.59 Å². The minimum absolute atomic E-state index is 0.0179. The fourth-order valence-electron chi connectivity index (χ4n) is 3.20. The van der Waals surface area contributed by atoms with Gasteiger partial charge in [-0.1, -0.05) is 85.0 Å². The van der Waals surface area contributed by atoms with Crippen LogP contribution in [0.15, 0.2) is 71.7 Å². The fourth-order valence-corrected chi connectivity index (χ4v) is 4.46. The van der Waals surface area contributed by atoms with Gasteiger partial charge in [0.25, 0.3) is 5.91 Å². The van der Waals surface area contributed by atoms with E-state index in [1.54, 1.807) is 4.90 Å². The normalized spacial score (nSPS) is 15.3. The Hall–Kier alpha value is -2.70. The number of anilines is 1. The molecule has 2 amide bonds. The van der Waals surface area contributed by atoms with Crippen LogP contribution < -0.4 is 5.32 Å². The Balaban J connectivity index is 1.39. The van der Waals surface area contributed by atoms with E-state index in [2.05, 4.69) is 5.32 Å². The second kappa shape index (κ2) is 11.6. The van der Waals surface area contributed by atoms with E-state index in [-0.39, 0.29) is 11.8 Å². The van der Waals surface area contributed by atoms with Gasteiger partial charge in [-0.3, -0.25) is 14.5 Å². The molecule has 1 heterocycles. The first-order valence-corrected chi connectivity index (χ1v) is 11.6. The summed E-state index contributed by atoms with van der Waals surface area (Å²) >= 11 is 6.72. The van der Waals surface area contributed by atoms with Crippen molar-refractivity contribution in [1.29, 1.82) is 0 Å². The number of thiocarbonyl (C=S) groups is 1. The molecule has 2 aromatic carbocycles. The minimum atomic E-state index is -0.0371. The van der Waals surface area contributed by atoms with Gasteiger partial charge in [0.2, 0.25) is 5.91 Å². The van der Waals surface area contributed by atoms with Crippen molar-refractivity contribution in [3.63, 3.8) is 0 Å². The number of nitrogens with zero attached hydrogens (tertiary/aromatic N) is 1. The van der Waals surface area contributed by atoms with Crippen LogP contribution in [0, 0.1) is 6.92 Å². The maximum Gasteiger partial charge on any atom is 0.266 e. The van der Waals surface area contributed by atoms with Gasteiger partial charge in [-0.2, -0.15) is 0 Å². The smallest absolute Gasteiger partial charge is 0.266 e. The highest BCUT2D eigenvalue weighted by Gasteiger charge is 2.30. The third-order valence-corrected chi connectivity index (χ3v) is 6.19. The van der Waals surface area contributed by atoms with Gasteiger partial charge >= 0.3 is 0 Å². The summed E-state index contributed by atoms with van der Waals surface area (Å²) in [5, 5.41) is 2.92. The zero-order chi connectivity index (χ0) is 22.1. The number of thioether (sulfide) groups is 1. The summed E-state index contributed by atoms with van der Waals surface area (Å²) in [5.74, 6) is -0.0192. The predicted molar refractivity (Wildman–Crippen MR) is 134 cm³/mol. The molecule has 0 aliphatic carbocycles. The van der Waals surface area contributed by atoms with Crippen molar-refractivity contribution in [2.24, 2.45) is 0 Å². The maximum atomic E-state index is 12.6. The number of carbonyl (C=O) groups excluding carboxylic acids is 2. The van der Waals surface area contributed by atoms with Crippen LogP contribution in [0.3, 0.4) is 0 Å². The Bertz CT molecular complexity index is 1000. The van der Waals surface area contributed by atoms with E-state index in [1.165, 1.54) is 11.8 Å². The number of rotatable bonds is 9. The van der Waals surface area contributed by atoms with E-state index in [0.29, 0.717) is 22.2 Å². The average Bonchev–Trinajstić information content (AvgIpc) is 3.01. The van der Waals surface area contributed by atoms with Gasteiger partial charge in [-0.05, 0) is 49.1 Å². The number of carbonyl (C=O) groups is 2. The first kappa shape index (κ1) is 23.0. The molecule has 0 saturated carbocycles. The highest BCUT2D eigenvalue weighted by molar-refractivity contribution is 8.26. The molecule has 1 aliphatic rings. The number of unbranched alkanes of at least 4 members (excludes halogenated alkanes) is 2. The number of amides is 2. The summed E-state index contributed by atoms with van der Waals surface area (Å²) in [6.07, 6.45) is 8.60. The summed E-state index contributed by atoms with van der Waals surface area (Å²) < 4.78 is 0.599. The van der Waals surface area contributed by atoms with Gasteiger partial charge in [0.05, 0.1) is 4.91 Å². The molecule has 1 aliphatic heterocycles. The van der Waals surface area contributed by atoms with Crippen molar-refractivity contribution in [1.82, 2.24) is 4.90 Å². The van der Waals surface area contributed by atoms with Gasteiger partial charge in [-0.15, -0.1) is 0 Å². The Kier molecular flexibility index (Phi) is 8.62. The molecule has 0 atom stereocenters. The van der Waals surface area contributed by atoms with Crippen LogP contribution in [-0.2, 0) is 9.59 Å². The van der Waals surface area contributed by atoms with Gasteiger partial charge in [0.15, 0.2) is 0 Å². The number of aryl methyl sites for hydroxylation is 1. The molecule has 160 valence electrons. The van der Waals surface area contributed by atoms with Crippen molar-refractivity contribution in [3.05, 3.63) is 82.8 Å². The molecule has 0 radical (unpaired) electrons. The van der Waals surface area contributed by atoms with Crippen LogP contribution in [0.2, 0.25) is 0 Å². The summed E-state index contributed by atoms with van der Waals surface area (Å²) in [6.45, 7) is 2.59. The summed E-state index contributed by atoms with van der Waals surface area (Å²) in [6, 6.07) is 17.7. The molecule has 6 heteroatoms. The highest BCUT2D eigenvalue weighted by Crippen LogP contribution is 2.31. The lowest BCUT2D eigenvalue weighted by Crippen LogP contribution is -2.29. The molecule has 2 aromatic rings. The standard InChI is InChI=1S/C25H26N2O2S2/c1-19-10-8-14-21(18-19)26-23(28)16-6-3-7-17-27-24(29)22(31-25(27)30)15-9-13-20-11-4-2-5-12-20/h2,4-5,8-15,18H,3,6-7,16-17H2,1H3,(H,26,28)/b13-9+,22-15-. The predicted octanol–water partition coefficient (Wildman–Crippen LogP) is 5.95. The molecule has 0 bridgehead atoms. The number of benzene rings is 2. The van der Waals surface area contributed by atoms with Gasteiger partial charge in [0.1, 0.15) is 4.32 Å². The number of nitrogens with one attached hydrogen (secondary N) is 1. The fraction of sp³-hybridized carbons (Fsp3) is 0.240. The third kappa shape index (κ3) is 7.19. The molecule has 31 heavy (non-hydrogen) atoms. The molecular formula is C25H26N2O2S2. The molecule has 1 fully saturated rings. The van der Waals surface area contributed by atoms with Crippen molar-refractivity contribution in [2.45, 2.75) is 32.6 Å². The second-order valence-electron chi connectivity index (χ2n) is 7.35. The van der Waals surface area contributed by atoms with E-state index < -0.39 is 0 Å². The third-order valence-electron chi connectivity index (χ3n) is 4.80. The van der Waals surface area contributed by atoms with E-state index in [0.717, 1.165) is 36.1 Å².